The van der Waals surface area contributed by atoms with E-state index in [1.54, 1.807) is 36.4 Å². The van der Waals surface area contributed by atoms with Crippen molar-refractivity contribution in [1.82, 2.24) is 5.32 Å². The molecule has 0 unspecified atom stereocenters. The summed E-state index contributed by atoms with van der Waals surface area (Å²) in [6, 6.07) is 10.9. The van der Waals surface area contributed by atoms with E-state index in [9.17, 15) is 29.3 Å². The van der Waals surface area contributed by atoms with Crippen molar-refractivity contribution in [2.24, 2.45) is 0 Å². The van der Waals surface area contributed by atoms with Crippen LogP contribution in [0.4, 0.5) is 10.1 Å². The molecule has 9 nitrogen and oxygen atoms in total. The van der Waals surface area contributed by atoms with Crippen molar-refractivity contribution in [3.8, 4) is 0 Å². The van der Waals surface area contributed by atoms with E-state index in [1.165, 1.54) is 12.1 Å². The molecule has 2 aromatic rings. The van der Waals surface area contributed by atoms with Crippen LogP contribution < -0.4 is 10.6 Å². The molecule has 1 fully saturated rings. The minimum absolute atomic E-state index is 0.0360. The number of anilines is 1. The molecule has 1 saturated heterocycles. The largest absolute Gasteiger partial charge is 0.482 e. The summed E-state index contributed by atoms with van der Waals surface area (Å²) in [6.45, 7) is 3.26. The average molecular weight is 511 g/mol. The zero-order valence-electron chi connectivity index (χ0n) is 20.2. The Labute approximate surface area is 212 Å². The van der Waals surface area contributed by atoms with Crippen molar-refractivity contribution >= 4 is 28.6 Å². The van der Waals surface area contributed by atoms with Gasteiger partial charge in [0.15, 0.2) is 0 Å². The van der Waals surface area contributed by atoms with Crippen molar-refractivity contribution in [2.45, 2.75) is 43.9 Å². The molecule has 5 N–H and O–H groups in total. The minimum Gasteiger partial charge on any atom is -0.482 e. The van der Waals surface area contributed by atoms with Gasteiger partial charge in [0.25, 0.3) is 11.8 Å². The van der Waals surface area contributed by atoms with Crippen LogP contribution in [-0.4, -0.2) is 70.3 Å². The van der Waals surface area contributed by atoms with Gasteiger partial charge in [0, 0.05) is 23.2 Å². The van der Waals surface area contributed by atoms with Gasteiger partial charge in [0.1, 0.15) is 41.6 Å². The number of nitrogens with one attached hydrogen (secondary N) is 2. The van der Waals surface area contributed by atoms with E-state index in [0.717, 1.165) is 11.1 Å². The molecule has 0 radical (unpaired) electrons. The van der Waals surface area contributed by atoms with Crippen LogP contribution in [0.2, 0.25) is 0 Å². The SMILES string of the molecule is CC1(C)O/C(=C2/C(=O)Nc3cc(F)ccc32)C=C1c1ccc(C(=O)NC[C@H]2O[C@H](CO)[C@@H](O)[C@H]2O)cc1. The Bertz CT molecular complexity index is 1320. The highest BCUT2D eigenvalue weighted by Gasteiger charge is 2.42. The first-order valence-electron chi connectivity index (χ1n) is 11.9. The van der Waals surface area contributed by atoms with E-state index in [-0.39, 0.29) is 12.5 Å². The van der Waals surface area contributed by atoms with Crippen LogP contribution in [0, 0.1) is 5.82 Å². The minimum atomic E-state index is -1.22. The topological polar surface area (TPSA) is 137 Å². The van der Waals surface area contributed by atoms with Gasteiger partial charge in [-0.05, 0) is 55.8 Å². The smallest absolute Gasteiger partial charge is 0.260 e. The Morgan fingerprint density at radius 3 is 2.49 bits per heavy atom. The fraction of sp³-hybridized carbons (Fsp3) is 0.333. The average Bonchev–Trinajstić information content (AvgIpc) is 3.46. The molecule has 37 heavy (non-hydrogen) atoms. The van der Waals surface area contributed by atoms with Crippen molar-refractivity contribution in [1.29, 1.82) is 0 Å². The Morgan fingerprint density at radius 2 is 1.81 bits per heavy atom. The summed E-state index contributed by atoms with van der Waals surface area (Å²) < 4.78 is 25.1. The van der Waals surface area contributed by atoms with Crippen molar-refractivity contribution in [2.75, 3.05) is 18.5 Å². The van der Waals surface area contributed by atoms with Crippen LogP contribution >= 0.6 is 0 Å². The van der Waals surface area contributed by atoms with Gasteiger partial charge in [-0.15, -0.1) is 0 Å². The summed E-state index contributed by atoms with van der Waals surface area (Å²) >= 11 is 0. The summed E-state index contributed by atoms with van der Waals surface area (Å²) in [4.78, 5) is 25.3. The molecule has 2 amide bonds. The second kappa shape index (κ2) is 9.38. The number of hydrogen-bond donors (Lipinski definition) is 5. The zero-order valence-corrected chi connectivity index (χ0v) is 20.2. The first kappa shape index (κ1) is 25.1. The van der Waals surface area contributed by atoms with Crippen LogP contribution in [0.3, 0.4) is 0 Å². The van der Waals surface area contributed by atoms with Crippen LogP contribution in [-0.2, 0) is 14.3 Å². The number of aliphatic hydroxyl groups is 3. The van der Waals surface area contributed by atoms with E-state index in [4.69, 9.17) is 9.47 Å². The molecule has 3 aliphatic heterocycles. The number of carbonyl (C=O) groups excluding carboxylic acids is 2. The Hall–Kier alpha value is -3.57. The molecule has 0 saturated carbocycles. The predicted octanol–water partition coefficient (Wildman–Crippen LogP) is 1.59. The first-order chi connectivity index (χ1) is 17.6. The van der Waals surface area contributed by atoms with Crippen LogP contribution in [0.1, 0.15) is 35.3 Å². The number of carbonyl (C=O) groups is 2. The summed E-state index contributed by atoms with van der Waals surface area (Å²) in [5.74, 6) is -0.833. The van der Waals surface area contributed by atoms with Crippen LogP contribution in [0.15, 0.2) is 54.3 Å². The Kier molecular flexibility index (Phi) is 6.36. The highest BCUT2D eigenvalue weighted by Crippen LogP contribution is 2.44. The van der Waals surface area contributed by atoms with Crippen molar-refractivity contribution in [3.63, 3.8) is 0 Å². The molecule has 5 rings (SSSR count). The molecular formula is C27H27FN2O7. The quantitative estimate of drug-likeness (QED) is 0.385. The third-order valence-corrected chi connectivity index (χ3v) is 6.82. The lowest BCUT2D eigenvalue weighted by molar-refractivity contribution is -0.111. The zero-order chi connectivity index (χ0) is 26.5. The maximum atomic E-state index is 13.6. The number of aliphatic hydroxyl groups excluding tert-OH is 3. The highest BCUT2D eigenvalue weighted by molar-refractivity contribution is 6.32. The molecule has 0 bridgehead atoms. The Balaban J connectivity index is 1.33. The summed E-state index contributed by atoms with van der Waals surface area (Å²) in [6.07, 6.45) is -2.39. The number of halogens is 1. The van der Waals surface area contributed by atoms with E-state index in [2.05, 4.69) is 10.6 Å². The van der Waals surface area contributed by atoms with E-state index < -0.39 is 48.3 Å². The number of rotatable bonds is 5. The van der Waals surface area contributed by atoms with E-state index in [0.29, 0.717) is 28.1 Å². The standard InChI is InChI=1S/C27H27FN2O7/c1-27(2)17(10-19(37-27)22-16-8-7-15(28)9-18(16)30-26(22)35)13-3-5-14(6-4-13)25(34)29-11-20-23(32)24(33)21(12-31)36-20/h3-10,20-21,23-24,31-33H,11-12H2,1-2H3,(H,29,34)(H,30,35)/b22-19+/t20-,21-,23+,24-/m1/s1. The lowest BCUT2D eigenvalue weighted by Crippen LogP contribution is -2.40. The third kappa shape index (κ3) is 4.53. The number of amides is 2. The maximum absolute atomic E-state index is 13.6. The highest BCUT2D eigenvalue weighted by atomic mass is 19.1. The second-order valence-corrected chi connectivity index (χ2v) is 9.72. The number of ether oxygens (including phenoxy) is 2. The lowest BCUT2D eigenvalue weighted by Gasteiger charge is -2.23. The molecule has 4 atom stereocenters. The van der Waals surface area contributed by atoms with Crippen LogP contribution in [0.5, 0.6) is 0 Å². The van der Waals surface area contributed by atoms with Gasteiger partial charge in [-0.25, -0.2) is 4.39 Å². The fourth-order valence-electron chi connectivity index (χ4n) is 4.85. The molecule has 194 valence electrons. The van der Waals surface area contributed by atoms with Gasteiger partial charge in [-0.1, -0.05) is 12.1 Å². The van der Waals surface area contributed by atoms with Gasteiger partial charge >= 0.3 is 0 Å². The molecule has 3 aliphatic rings. The number of hydrogen-bond acceptors (Lipinski definition) is 7. The molecule has 3 heterocycles. The summed E-state index contributed by atoms with van der Waals surface area (Å²) in [5.41, 5.74) is 2.49. The molecule has 0 aromatic heterocycles. The molecule has 0 aliphatic carbocycles. The maximum Gasteiger partial charge on any atom is 0.260 e. The Morgan fingerprint density at radius 1 is 1.11 bits per heavy atom. The van der Waals surface area contributed by atoms with Gasteiger partial charge < -0.3 is 35.4 Å². The molecular weight excluding hydrogens is 483 g/mol. The predicted molar refractivity (Wildman–Crippen MR) is 132 cm³/mol. The van der Waals surface area contributed by atoms with Gasteiger partial charge in [0.05, 0.1) is 17.9 Å². The lowest BCUT2D eigenvalue weighted by atomic mass is 9.91. The molecule has 0 spiro atoms. The molecule has 10 heteroatoms. The fourth-order valence-corrected chi connectivity index (χ4v) is 4.85. The van der Waals surface area contributed by atoms with Crippen molar-refractivity contribution in [3.05, 3.63) is 76.8 Å². The van der Waals surface area contributed by atoms with E-state index >= 15 is 0 Å². The first-order valence-corrected chi connectivity index (χ1v) is 11.9. The van der Waals surface area contributed by atoms with Crippen molar-refractivity contribution < 1.29 is 38.8 Å². The molecule has 2 aromatic carbocycles. The van der Waals surface area contributed by atoms with Crippen LogP contribution in [0.25, 0.3) is 11.1 Å². The number of allylic oxidation sites excluding steroid dienone is 1. The monoisotopic (exact) mass is 510 g/mol. The normalized spacial score (nSPS) is 27.9. The van der Waals surface area contributed by atoms with Gasteiger partial charge in [-0.3, -0.25) is 9.59 Å². The van der Waals surface area contributed by atoms with Gasteiger partial charge in [0.2, 0.25) is 0 Å². The summed E-state index contributed by atoms with van der Waals surface area (Å²) in [5, 5.41) is 34.4. The number of benzene rings is 2. The van der Waals surface area contributed by atoms with E-state index in [1.807, 2.05) is 13.8 Å². The summed E-state index contributed by atoms with van der Waals surface area (Å²) in [7, 11) is 0. The van der Waals surface area contributed by atoms with Gasteiger partial charge in [-0.2, -0.15) is 0 Å². The number of fused-ring (bicyclic) bond motifs is 1. The second-order valence-electron chi connectivity index (χ2n) is 9.72. The third-order valence-electron chi connectivity index (χ3n) is 6.82.